The van der Waals surface area contributed by atoms with E-state index in [0.717, 1.165) is 6.07 Å². The minimum absolute atomic E-state index is 0.0530. The molecule has 6 nitrogen and oxygen atoms in total. The van der Waals surface area contributed by atoms with Crippen molar-refractivity contribution < 1.29 is 9.72 Å². The van der Waals surface area contributed by atoms with Gasteiger partial charge in [-0.25, -0.2) is 0 Å². The van der Waals surface area contributed by atoms with Crippen molar-refractivity contribution in [1.29, 1.82) is 0 Å². The van der Waals surface area contributed by atoms with Gasteiger partial charge < -0.3 is 11.1 Å². The zero-order valence-corrected chi connectivity index (χ0v) is 11.0. The molecule has 1 atom stereocenters. The maximum atomic E-state index is 10.9. The number of halogens is 2. The minimum atomic E-state index is -0.582. The molecule has 0 saturated carbocycles. The van der Waals surface area contributed by atoms with Crippen LogP contribution < -0.4 is 11.1 Å². The molecule has 0 aliphatic carbocycles. The summed E-state index contributed by atoms with van der Waals surface area (Å²) in [6.07, 6.45) is 0.0530. The normalized spacial score (nSPS) is 11.9. The van der Waals surface area contributed by atoms with Crippen LogP contribution >= 0.6 is 23.2 Å². The number of amides is 1. The van der Waals surface area contributed by atoms with E-state index >= 15 is 0 Å². The topological polar surface area (TPSA) is 98.3 Å². The van der Waals surface area contributed by atoms with Crippen molar-refractivity contribution >= 4 is 40.5 Å². The lowest BCUT2D eigenvalue weighted by Gasteiger charge is -2.14. The van der Waals surface area contributed by atoms with Gasteiger partial charge in [0, 0.05) is 18.5 Å². The Kier molecular flexibility index (Phi) is 4.75. The molecule has 0 bridgehead atoms. The van der Waals surface area contributed by atoms with Crippen molar-refractivity contribution in [3.8, 4) is 0 Å². The standard InChI is InChI=1S/C10H11Cl2N3O3/c1-5(2-10(13)16)14-8-3-6(11)7(12)4-9(8)15(17)18/h3-5,14H,2H2,1H3,(H2,13,16). The fourth-order valence-corrected chi connectivity index (χ4v) is 1.74. The van der Waals surface area contributed by atoms with Crippen LogP contribution in [0.5, 0.6) is 0 Å². The van der Waals surface area contributed by atoms with E-state index in [4.69, 9.17) is 28.9 Å². The molecule has 18 heavy (non-hydrogen) atoms. The highest BCUT2D eigenvalue weighted by atomic mass is 35.5. The number of hydrogen-bond donors (Lipinski definition) is 2. The highest BCUT2D eigenvalue weighted by Crippen LogP contribution is 2.34. The molecular formula is C10H11Cl2N3O3. The van der Waals surface area contributed by atoms with E-state index in [9.17, 15) is 14.9 Å². The summed E-state index contributed by atoms with van der Waals surface area (Å²) in [7, 11) is 0. The van der Waals surface area contributed by atoms with Gasteiger partial charge in [-0.05, 0) is 13.0 Å². The third-order valence-electron chi connectivity index (χ3n) is 2.14. The van der Waals surface area contributed by atoms with Gasteiger partial charge in [-0.3, -0.25) is 14.9 Å². The lowest BCUT2D eigenvalue weighted by atomic mass is 10.2. The zero-order chi connectivity index (χ0) is 13.9. The number of carbonyl (C=O) groups excluding carboxylic acids is 1. The quantitative estimate of drug-likeness (QED) is 0.643. The summed E-state index contributed by atoms with van der Waals surface area (Å²) in [4.78, 5) is 21.0. The van der Waals surface area contributed by atoms with Crippen LogP contribution in [-0.2, 0) is 4.79 Å². The number of rotatable bonds is 5. The second kappa shape index (κ2) is 5.88. The van der Waals surface area contributed by atoms with Crippen LogP contribution in [0.4, 0.5) is 11.4 Å². The number of nitro groups is 1. The van der Waals surface area contributed by atoms with Gasteiger partial charge >= 0.3 is 0 Å². The Morgan fingerprint density at radius 2 is 2.06 bits per heavy atom. The molecule has 0 fully saturated rings. The lowest BCUT2D eigenvalue weighted by Crippen LogP contribution is -2.24. The number of primary amides is 1. The third kappa shape index (κ3) is 3.75. The molecule has 0 aliphatic rings. The van der Waals surface area contributed by atoms with Crippen LogP contribution in [-0.4, -0.2) is 16.9 Å². The van der Waals surface area contributed by atoms with Crippen molar-refractivity contribution in [3.63, 3.8) is 0 Å². The molecule has 0 aromatic heterocycles. The SMILES string of the molecule is CC(CC(N)=O)Nc1cc(Cl)c(Cl)cc1[N+](=O)[O-]. The fraction of sp³-hybridized carbons (Fsp3) is 0.300. The maximum Gasteiger partial charge on any atom is 0.293 e. The second-order valence-corrected chi connectivity index (χ2v) is 4.57. The van der Waals surface area contributed by atoms with E-state index in [1.54, 1.807) is 6.92 Å². The molecule has 0 heterocycles. The van der Waals surface area contributed by atoms with E-state index in [2.05, 4.69) is 5.32 Å². The minimum Gasteiger partial charge on any atom is -0.376 e. The van der Waals surface area contributed by atoms with Crippen LogP contribution in [0, 0.1) is 10.1 Å². The molecule has 8 heteroatoms. The first-order valence-corrected chi connectivity index (χ1v) is 5.75. The number of carbonyl (C=O) groups is 1. The van der Waals surface area contributed by atoms with Crippen LogP contribution in [0.3, 0.4) is 0 Å². The molecule has 1 unspecified atom stereocenters. The molecular weight excluding hydrogens is 281 g/mol. The summed E-state index contributed by atoms with van der Waals surface area (Å²) in [5.41, 5.74) is 5.03. The molecule has 98 valence electrons. The Morgan fingerprint density at radius 3 is 2.56 bits per heavy atom. The Bertz CT molecular complexity index is 494. The van der Waals surface area contributed by atoms with Crippen molar-refractivity contribution in [2.75, 3.05) is 5.32 Å². The highest BCUT2D eigenvalue weighted by molar-refractivity contribution is 6.42. The summed E-state index contributed by atoms with van der Waals surface area (Å²) >= 11 is 11.5. The Balaban J connectivity index is 3.03. The van der Waals surface area contributed by atoms with Gasteiger partial charge in [-0.2, -0.15) is 0 Å². The largest absolute Gasteiger partial charge is 0.376 e. The number of hydrogen-bond acceptors (Lipinski definition) is 4. The first-order chi connectivity index (χ1) is 8.31. The number of nitrogens with two attached hydrogens (primary N) is 1. The summed E-state index contributed by atoms with van der Waals surface area (Å²) in [6.45, 7) is 1.68. The average molecular weight is 292 g/mol. The number of nitrogens with one attached hydrogen (secondary N) is 1. The van der Waals surface area contributed by atoms with Gasteiger partial charge in [0.05, 0.1) is 15.0 Å². The Morgan fingerprint density at radius 1 is 1.50 bits per heavy atom. The predicted octanol–water partition coefficient (Wildman–Crippen LogP) is 2.58. The molecule has 0 aliphatic heterocycles. The van der Waals surface area contributed by atoms with Gasteiger partial charge in [0.1, 0.15) is 5.69 Å². The van der Waals surface area contributed by atoms with Gasteiger partial charge in [0.2, 0.25) is 5.91 Å². The molecule has 1 aromatic rings. The Hall–Kier alpha value is -1.53. The fourth-order valence-electron chi connectivity index (χ4n) is 1.42. The molecule has 3 N–H and O–H groups in total. The number of nitro benzene ring substituents is 1. The number of anilines is 1. The number of benzene rings is 1. The average Bonchev–Trinajstić information content (AvgIpc) is 2.21. The molecule has 0 spiro atoms. The first-order valence-electron chi connectivity index (χ1n) is 4.99. The monoisotopic (exact) mass is 291 g/mol. The Labute approximate surface area is 113 Å². The summed E-state index contributed by atoms with van der Waals surface area (Å²) < 4.78 is 0. The predicted molar refractivity (Wildman–Crippen MR) is 70.0 cm³/mol. The van der Waals surface area contributed by atoms with Crippen LogP contribution in [0.2, 0.25) is 10.0 Å². The van der Waals surface area contributed by atoms with Crippen molar-refractivity contribution in [2.45, 2.75) is 19.4 Å². The molecule has 1 aromatic carbocycles. The van der Waals surface area contributed by atoms with E-state index < -0.39 is 10.8 Å². The second-order valence-electron chi connectivity index (χ2n) is 3.76. The molecule has 0 radical (unpaired) electrons. The van der Waals surface area contributed by atoms with Gasteiger partial charge in [-0.1, -0.05) is 23.2 Å². The summed E-state index contributed by atoms with van der Waals surface area (Å²) in [6, 6.07) is 2.15. The smallest absolute Gasteiger partial charge is 0.293 e. The highest BCUT2D eigenvalue weighted by Gasteiger charge is 2.18. The summed E-state index contributed by atoms with van der Waals surface area (Å²) in [5.74, 6) is -0.502. The number of nitrogens with zero attached hydrogens (tertiary/aromatic N) is 1. The van der Waals surface area contributed by atoms with Crippen LogP contribution in [0.1, 0.15) is 13.3 Å². The van der Waals surface area contributed by atoms with E-state index in [1.807, 2.05) is 0 Å². The van der Waals surface area contributed by atoms with E-state index in [0.29, 0.717) is 0 Å². The van der Waals surface area contributed by atoms with E-state index in [1.165, 1.54) is 6.07 Å². The van der Waals surface area contributed by atoms with Gasteiger partial charge in [-0.15, -0.1) is 0 Å². The summed E-state index contributed by atoms with van der Waals surface area (Å²) in [5, 5.41) is 14.0. The van der Waals surface area contributed by atoms with E-state index in [-0.39, 0.29) is 33.9 Å². The van der Waals surface area contributed by atoms with Crippen LogP contribution in [0.25, 0.3) is 0 Å². The van der Waals surface area contributed by atoms with Gasteiger partial charge in [0.25, 0.3) is 5.69 Å². The van der Waals surface area contributed by atoms with Crippen molar-refractivity contribution in [2.24, 2.45) is 5.73 Å². The first kappa shape index (κ1) is 14.5. The molecule has 0 saturated heterocycles. The maximum absolute atomic E-state index is 10.9. The zero-order valence-electron chi connectivity index (χ0n) is 9.44. The molecule has 1 amide bonds. The van der Waals surface area contributed by atoms with Gasteiger partial charge in [0.15, 0.2) is 0 Å². The third-order valence-corrected chi connectivity index (χ3v) is 2.87. The molecule has 1 rings (SSSR count). The van der Waals surface area contributed by atoms with Crippen molar-refractivity contribution in [1.82, 2.24) is 0 Å². The lowest BCUT2D eigenvalue weighted by molar-refractivity contribution is -0.384. The van der Waals surface area contributed by atoms with Crippen molar-refractivity contribution in [3.05, 3.63) is 32.3 Å². The van der Waals surface area contributed by atoms with Crippen LogP contribution in [0.15, 0.2) is 12.1 Å².